The fourth-order valence-electron chi connectivity index (χ4n) is 3.24. The Morgan fingerprint density at radius 2 is 2.10 bits per heavy atom. The molecule has 1 aliphatic heterocycles. The molecule has 8 heteroatoms. The van der Waals surface area contributed by atoms with Crippen molar-refractivity contribution in [3.8, 4) is 0 Å². The molecule has 152 valence electrons. The van der Waals surface area contributed by atoms with Crippen LogP contribution in [0.1, 0.15) is 24.1 Å². The van der Waals surface area contributed by atoms with Crippen molar-refractivity contribution in [2.24, 2.45) is 0 Å². The van der Waals surface area contributed by atoms with Crippen LogP contribution in [-0.2, 0) is 17.0 Å². The average Bonchev–Trinajstić information content (AvgIpc) is 3.14. The number of halogens is 1. The normalized spacial score (nSPS) is 14.8. The molecule has 29 heavy (non-hydrogen) atoms. The third-order valence-corrected chi connectivity index (χ3v) is 6.40. The van der Waals surface area contributed by atoms with Crippen LogP contribution in [0.4, 0.5) is 10.5 Å². The van der Waals surface area contributed by atoms with Crippen molar-refractivity contribution < 1.29 is 9.53 Å². The van der Waals surface area contributed by atoms with Crippen LogP contribution < -0.4 is 10.6 Å². The van der Waals surface area contributed by atoms with Gasteiger partial charge in [0.25, 0.3) is 0 Å². The van der Waals surface area contributed by atoms with Crippen molar-refractivity contribution in [1.82, 2.24) is 14.7 Å². The summed E-state index contributed by atoms with van der Waals surface area (Å²) in [5.41, 5.74) is 3.55. The Kier molecular flexibility index (Phi) is 6.59. The number of pyridine rings is 1. The Labute approximate surface area is 179 Å². The summed E-state index contributed by atoms with van der Waals surface area (Å²) in [5.74, 6) is 0.936. The highest BCUT2D eigenvalue weighted by Crippen LogP contribution is 2.26. The first-order valence-electron chi connectivity index (χ1n) is 9.62. The Morgan fingerprint density at radius 1 is 1.24 bits per heavy atom. The van der Waals surface area contributed by atoms with Gasteiger partial charge in [-0.25, -0.2) is 9.78 Å². The second-order valence-corrected chi connectivity index (χ2v) is 8.70. The van der Waals surface area contributed by atoms with Gasteiger partial charge >= 0.3 is 6.03 Å². The van der Waals surface area contributed by atoms with E-state index in [2.05, 4.69) is 21.7 Å². The van der Waals surface area contributed by atoms with E-state index in [0.29, 0.717) is 16.8 Å². The van der Waals surface area contributed by atoms with Gasteiger partial charge in [-0.05, 0) is 42.7 Å². The number of hydrogen-bond donors (Lipinski definition) is 2. The van der Waals surface area contributed by atoms with E-state index in [9.17, 15) is 4.79 Å². The molecule has 2 N–H and O–H groups in total. The number of amides is 2. The zero-order chi connectivity index (χ0) is 20.1. The van der Waals surface area contributed by atoms with E-state index in [1.54, 1.807) is 12.3 Å². The number of nitrogens with zero attached hydrogens (tertiary/aromatic N) is 2. The lowest BCUT2D eigenvalue weighted by molar-refractivity contribution is 0.1000. The van der Waals surface area contributed by atoms with Crippen LogP contribution in [-0.4, -0.2) is 33.9 Å². The van der Waals surface area contributed by atoms with Gasteiger partial charge in [-0.1, -0.05) is 23.7 Å². The Bertz CT molecular complexity index is 988. The summed E-state index contributed by atoms with van der Waals surface area (Å²) in [7, 11) is 0. The molecular weight excluding hydrogens is 408 g/mol. The summed E-state index contributed by atoms with van der Waals surface area (Å²) in [6.07, 6.45) is 5.87. The summed E-state index contributed by atoms with van der Waals surface area (Å²) < 4.78 is 7.26. The quantitative estimate of drug-likeness (QED) is 0.593. The number of rotatable bonds is 6. The van der Waals surface area contributed by atoms with E-state index in [1.165, 1.54) is 5.56 Å². The smallest absolute Gasteiger partial charge is 0.319 e. The van der Waals surface area contributed by atoms with Gasteiger partial charge in [-0.2, -0.15) is 11.8 Å². The van der Waals surface area contributed by atoms with Crippen molar-refractivity contribution in [2.75, 3.05) is 18.5 Å². The van der Waals surface area contributed by atoms with Crippen LogP contribution in [0.5, 0.6) is 0 Å². The van der Waals surface area contributed by atoms with E-state index >= 15 is 0 Å². The molecule has 0 unspecified atom stereocenters. The lowest BCUT2D eigenvalue weighted by atomic mass is 10.2. The number of anilines is 1. The molecule has 0 atom stereocenters. The van der Waals surface area contributed by atoms with Gasteiger partial charge in [0.05, 0.1) is 17.3 Å². The second kappa shape index (κ2) is 9.52. The minimum Gasteiger partial charge on any atom is -0.381 e. The number of nitrogens with one attached hydrogen (secondary N) is 2. The highest BCUT2D eigenvalue weighted by Gasteiger charge is 2.14. The SMILES string of the molecule is O=C(NCc1cn2cc(Cl)ccc2n1)Nc1cccc(CSC2CCOCC2)c1. The summed E-state index contributed by atoms with van der Waals surface area (Å²) in [6, 6.07) is 11.4. The summed E-state index contributed by atoms with van der Waals surface area (Å²) in [4.78, 5) is 16.7. The molecule has 2 amide bonds. The number of ether oxygens (including phenoxy) is 1. The van der Waals surface area contributed by atoms with Gasteiger partial charge in [-0.15, -0.1) is 0 Å². The first-order chi connectivity index (χ1) is 14.2. The minimum atomic E-state index is -0.255. The average molecular weight is 431 g/mol. The molecule has 1 aliphatic rings. The zero-order valence-electron chi connectivity index (χ0n) is 15.9. The molecule has 1 fully saturated rings. The van der Waals surface area contributed by atoms with Crippen LogP contribution in [0.3, 0.4) is 0 Å². The molecule has 0 spiro atoms. The summed E-state index contributed by atoms with van der Waals surface area (Å²) >= 11 is 7.95. The van der Waals surface area contributed by atoms with Gasteiger partial charge in [0.1, 0.15) is 5.65 Å². The maximum atomic E-state index is 12.3. The number of thioether (sulfide) groups is 1. The Hall–Kier alpha value is -2.22. The lowest BCUT2D eigenvalue weighted by Crippen LogP contribution is -2.28. The van der Waals surface area contributed by atoms with Crippen LogP contribution in [0.15, 0.2) is 48.8 Å². The van der Waals surface area contributed by atoms with Crippen LogP contribution in [0.2, 0.25) is 5.02 Å². The molecule has 6 nitrogen and oxygen atoms in total. The predicted molar refractivity (Wildman–Crippen MR) is 118 cm³/mol. The molecule has 4 rings (SSSR count). The monoisotopic (exact) mass is 430 g/mol. The second-order valence-electron chi connectivity index (χ2n) is 6.98. The number of carbonyl (C=O) groups is 1. The fraction of sp³-hybridized carbons (Fsp3) is 0.333. The highest BCUT2D eigenvalue weighted by atomic mass is 35.5. The molecule has 0 saturated carbocycles. The number of aromatic nitrogens is 2. The highest BCUT2D eigenvalue weighted by molar-refractivity contribution is 7.99. The largest absolute Gasteiger partial charge is 0.381 e. The number of fused-ring (bicyclic) bond motifs is 1. The van der Waals surface area contributed by atoms with Crippen molar-refractivity contribution in [3.05, 3.63) is 65.1 Å². The van der Waals surface area contributed by atoms with E-state index in [0.717, 1.165) is 48.8 Å². The molecule has 0 aliphatic carbocycles. The van der Waals surface area contributed by atoms with Crippen LogP contribution in [0, 0.1) is 0 Å². The molecular formula is C21H23ClN4O2S. The number of carbonyl (C=O) groups excluding carboxylic acids is 1. The fourth-order valence-corrected chi connectivity index (χ4v) is 4.55. The van der Waals surface area contributed by atoms with E-state index in [4.69, 9.17) is 16.3 Å². The van der Waals surface area contributed by atoms with Crippen LogP contribution in [0.25, 0.3) is 5.65 Å². The number of urea groups is 1. The molecule has 1 saturated heterocycles. The molecule has 2 aromatic heterocycles. The van der Waals surface area contributed by atoms with E-state index in [-0.39, 0.29) is 6.03 Å². The summed E-state index contributed by atoms with van der Waals surface area (Å²) in [5, 5.41) is 7.04. The molecule has 3 heterocycles. The third-order valence-electron chi connectivity index (χ3n) is 4.73. The van der Waals surface area contributed by atoms with Gasteiger partial charge in [0.2, 0.25) is 0 Å². The third kappa shape index (κ3) is 5.65. The molecule has 0 bridgehead atoms. The van der Waals surface area contributed by atoms with Crippen molar-refractivity contribution >= 4 is 40.7 Å². The maximum absolute atomic E-state index is 12.3. The molecule has 1 aromatic carbocycles. The Morgan fingerprint density at radius 3 is 2.97 bits per heavy atom. The van der Waals surface area contributed by atoms with Gasteiger partial charge in [0, 0.05) is 42.3 Å². The first-order valence-corrected chi connectivity index (χ1v) is 11.0. The van der Waals surface area contributed by atoms with Crippen molar-refractivity contribution in [1.29, 1.82) is 0 Å². The number of benzene rings is 1. The molecule has 0 radical (unpaired) electrons. The maximum Gasteiger partial charge on any atom is 0.319 e. The number of hydrogen-bond acceptors (Lipinski definition) is 4. The molecule has 3 aromatic rings. The summed E-state index contributed by atoms with van der Waals surface area (Å²) in [6.45, 7) is 2.06. The zero-order valence-corrected chi connectivity index (χ0v) is 17.5. The number of imidazole rings is 1. The van der Waals surface area contributed by atoms with Gasteiger partial charge < -0.3 is 19.8 Å². The Balaban J connectivity index is 1.28. The topological polar surface area (TPSA) is 67.7 Å². The van der Waals surface area contributed by atoms with Crippen molar-refractivity contribution in [2.45, 2.75) is 30.4 Å². The van der Waals surface area contributed by atoms with Gasteiger partial charge in [-0.3, -0.25) is 0 Å². The first kappa shape index (κ1) is 20.1. The van der Waals surface area contributed by atoms with Crippen molar-refractivity contribution in [3.63, 3.8) is 0 Å². The van der Waals surface area contributed by atoms with E-state index < -0.39 is 0 Å². The standard InChI is InChI=1S/C21H23ClN4O2S/c22-16-4-5-20-24-18(13-26(20)12-16)11-23-21(27)25-17-3-1-2-15(10-17)14-29-19-6-8-28-9-7-19/h1-5,10,12-13,19H,6-9,11,14H2,(H2,23,25,27). The van der Waals surface area contributed by atoms with E-state index in [1.807, 2.05) is 46.6 Å². The van der Waals surface area contributed by atoms with Crippen LogP contribution >= 0.6 is 23.4 Å². The lowest BCUT2D eigenvalue weighted by Gasteiger charge is -2.21. The predicted octanol–water partition coefficient (Wildman–Crippen LogP) is 4.72. The van der Waals surface area contributed by atoms with Gasteiger partial charge in [0.15, 0.2) is 0 Å². The minimum absolute atomic E-state index is 0.255.